The maximum atomic E-state index is 13.2. The van der Waals surface area contributed by atoms with Gasteiger partial charge in [0.1, 0.15) is 17.7 Å². The Hall–Kier alpha value is -3.09. The van der Waals surface area contributed by atoms with E-state index in [0.29, 0.717) is 11.7 Å². The van der Waals surface area contributed by atoms with Gasteiger partial charge in [-0.3, -0.25) is 0 Å². The van der Waals surface area contributed by atoms with Crippen LogP contribution in [0.1, 0.15) is 34.6 Å². The van der Waals surface area contributed by atoms with Crippen LogP contribution in [0.2, 0.25) is 0 Å². The van der Waals surface area contributed by atoms with Crippen LogP contribution < -0.4 is 15.4 Å². The Labute approximate surface area is 176 Å². The number of benzene rings is 2. The van der Waals surface area contributed by atoms with Crippen molar-refractivity contribution in [1.82, 2.24) is 20.4 Å². The molecular weight excluding hydrogens is 383 g/mol. The van der Waals surface area contributed by atoms with Gasteiger partial charge >= 0.3 is 6.03 Å². The van der Waals surface area contributed by atoms with Crippen LogP contribution in [0.4, 0.5) is 9.18 Å². The van der Waals surface area contributed by atoms with Crippen LogP contribution in [-0.2, 0) is 0 Å². The van der Waals surface area contributed by atoms with E-state index in [9.17, 15) is 9.18 Å². The minimum absolute atomic E-state index is 0.0912. The molecule has 0 bridgehead atoms. The van der Waals surface area contributed by atoms with Gasteiger partial charge in [0, 0.05) is 11.4 Å². The number of hydrogen-bond donors (Lipinski definition) is 2. The molecule has 2 aromatic carbocycles. The van der Waals surface area contributed by atoms with E-state index in [1.54, 1.807) is 23.0 Å². The molecule has 0 aliphatic heterocycles. The lowest BCUT2D eigenvalue weighted by molar-refractivity contribution is 0.173. The first-order valence-electron chi connectivity index (χ1n) is 10.2. The summed E-state index contributed by atoms with van der Waals surface area (Å²) in [5.41, 5.74) is 1.68. The van der Waals surface area contributed by atoms with Crippen LogP contribution in [-0.4, -0.2) is 34.0 Å². The van der Waals surface area contributed by atoms with Gasteiger partial charge in [0.05, 0.1) is 23.4 Å². The van der Waals surface area contributed by atoms with Gasteiger partial charge in [-0.15, -0.1) is 0 Å². The van der Waals surface area contributed by atoms with E-state index in [4.69, 9.17) is 4.74 Å². The van der Waals surface area contributed by atoms with Crippen molar-refractivity contribution in [2.24, 2.45) is 5.92 Å². The predicted octanol–water partition coefficient (Wildman–Crippen LogP) is 4.66. The average Bonchev–Trinajstić information content (AvgIpc) is 3.11. The molecule has 30 heavy (non-hydrogen) atoms. The number of fused-ring (bicyclic) bond motifs is 1. The van der Waals surface area contributed by atoms with Crippen molar-refractivity contribution >= 4 is 16.9 Å². The van der Waals surface area contributed by atoms with E-state index in [0.717, 1.165) is 16.6 Å². The van der Waals surface area contributed by atoms with Crippen molar-refractivity contribution in [3.63, 3.8) is 0 Å². The topological polar surface area (TPSA) is 68.2 Å². The molecule has 0 saturated heterocycles. The summed E-state index contributed by atoms with van der Waals surface area (Å²) in [6.45, 7) is 9.94. The first-order valence-corrected chi connectivity index (χ1v) is 10.2. The van der Waals surface area contributed by atoms with E-state index in [-0.39, 0.29) is 30.0 Å². The monoisotopic (exact) mass is 412 g/mol. The van der Waals surface area contributed by atoms with Crippen molar-refractivity contribution in [3.8, 4) is 11.4 Å². The second-order valence-corrected chi connectivity index (χ2v) is 8.02. The predicted molar refractivity (Wildman–Crippen MR) is 117 cm³/mol. The highest BCUT2D eigenvalue weighted by molar-refractivity contribution is 5.81. The Bertz CT molecular complexity index is 1000. The fraction of sp³-hybridized carbons (Fsp3) is 0.391. The SMILES string of the molecule is CC(C)C(C)NC(=O)N[C@@H](C)[C@@H](C)Oc1ccc2c(cnn2-c2ccc(F)cc2)c1. The number of aromatic nitrogens is 2. The van der Waals surface area contributed by atoms with Crippen LogP contribution >= 0.6 is 0 Å². The quantitative estimate of drug-likeness (QED) is 0.593. The summed E-state index contributed by atoms with van der Waals surface area (Å²) in [4.78, 5) is 12.1. The van der Waals surface area contributed by atoms with Crippen molar-refractivity contribution in [1.29, 1.82) is 0 Å². The maximum Gasteiger partial charge on any atom is 0.315 e. The van der Waals surface area contributed by atoms with Gasteiger partial charge in [0.15, 0.2) is 0 Å². The summed E-state index contributed by atoms with van der Waals surface area (Å²) in [7, 11) is 0. The van der Waals surface area contributed by atoms with Gasteiger partial charge in [-0.25, -0.2) is 13.9 Å². The van der Waals surface area contributed by atoms with Gasteiger partial charge in [-0.05, 0) is 69.2 Å². The molecule has 0 aliphatic carbocycles. The van der Waals surface area contributed by atoms with Crippen LogP contribution in [0, 0.1) is 11.7 Å². The van der Waals surface area contributed by atoms with Gasteiger partial charge in [0.25, 0.3) is 0 Å². The Kier molecular flexibility index (Phi) is 6.59. The molecule has 7 heteroatoms. The number of carbonyl (C=O) groups is 1. The molecule has 0 radical (unpaired) electrons. The highest BCUT2D eigenvalue weighted by atomic mass is 19.1. The molecule has 3 rings (SSSR count). The maximum absolute atomic E-state index is 13.2. The Morgan fingerprint density at radius 3 is 2.33 bits per heavy atom. The molecule has 0 spiro atoms. The second kappa shape index (κ2) is 9.15. The van der Waals surface area contributed by atoms with E-state index < -0.39 is 0 Å². The number of hydrogen-bond acceptors (Lipinski definition) is 3. The summed E-state index contributed by atoms with van der Waals surface area (Å²) in [6, 6.07) is 11.6. The number of halogens is 1. The molecule has 3 atom stereocenters. The van der Waals surface area contributed by atoms with E-state index >= 15 is 0 Å². The number of ether oxygens (including phenoxy) is 1. The molecule has 6 nitrogen and oxygen atoms in total. The Balaban J connectivity index is 1.65. The zero-order valence-electron chi connectivity index (χ0n) is 18.0. The van der Waals surface area contributed by atoms with Crippen molar-refractivity contribution in [3.05, 3.63) is 54.5 Å². The molecule has 3 aromatic rings. The summed E-state index contributed by atoms with van der Waals surface area (Å²) < 4.78 is 21.0. The number of nitrogens with zero attached hydrogens (tertiary/aromatic N) is 2. The second-order valence-electron chi connectivity index (χ2n) is 8.02. The van der Waals surface area contributed by atoms with Crippen molar-refractivity contribution < 1.29 is 13.9 Å². The molecule has 1 unspecified atom stereocenters. The molecule has 2 amide bonds. The minimum atomic E-state index is -0.282. The van der Waals surface area contributed by atoms with Crippen LogP contribution in [0.15, 0.2) is 48.7 Å². The summed E-state index contributed by atoms with van der Waals surface area (Å²) >= 11 is 0. The highest BCUT2D eigenvalue weighted by Crippen LogP contribution is 2.24. The highest BCUT2D eigenvalue weighted by Gasteiger charge is 2.18. The molecule has 2 N–H and O–H groups in total. The lowest BCUT2D eigenvalue weighted by Crippen LogP contribution is -2.50. The van der Waals surface area contributed by atoms with E-state index in [1.807, 2.05) is 39.0 Å². The molecule has 160 valence electrons. The van der Waals surface area contributed by atoms with Crippen LogP contribution in [0.3, 0.4) is 0 Å². The minimum Gasteiger partial charge on any atom is -0.489 e. The zero-order chi connectivity index (χ0) is 21.8. The first kappa shape index (κ1) is 21.6. The zero-order valence-corrected chi connectivity index (χ0v) is 18.0. The molecule has 0 fully saturated rings. The molecule has 0 aliphatic rings. The largest absolute Gasteiger partial charge is 0.489 e. The molecular formula is C23H29FN4O2. The van der Waals surface area contributed by atoms with Crippen LogP contribution in [0.25, 0.3) is 16.6 Å². The first-order chi connectivity index (χ1) is 14.2. The number of urea groups is 1. The summed E-state index contributed by atoms with van der Waals surface area (Å²) in [5, 5.41) is 11.2. The number of nitrogens with one attached hydrogen (secondary N) is 2. The Morgan fingerprint density at radius 2 is 1.67 bits per heavy atom. The fourth-order valence-corrected chi connectivity index (χ4v) is 2.93. The third kappa shape index (κ3) is 5.09. The standard InChI is InChI=1S/C23H29FN4O2/c1-14(2)15(3)26-23(29)27-16(4)17(5)30-21-10-11-22-18(12-21)13-25-28(22)20-8-6-19(24)7-9-20/h6-17H,1-5H3,(H2,26,27,29)/t15?,16-,17+/m0/s1. The van der Waals surface area contributed by atoms with E-state index in [2.05, 4.69) is 29.6 Å². The molecule has 1 heterocycles. The van der Waals surface area contributed by atoms with Crippen molar-refractivity contribution in [2.75, 3.05) is 0 Å². The normalized spacial score (nSPS) is 14.4. The molecule has 0 saturated carbocycles. The summed E-state index contributed by atoms with van der Waals surface area (Å²) in [5.74, 6) is 0.774. The van der Waals surface area contributed by atoms with Gasteiger partial charge < -0.3 is 15.4 Å². The number of rotatable bonds is 7. The van der Waals surface area contributed by atoms with Crippen molar-refractivity contribution in [2.45, 2.75) is 52.8 Å². The Morgan fingerprint density at radius 1 is 1.00 bits per heavy atom. The van der Waals surface area contributed by atoms with Gasteiger partial charge in [0.2, 0.25) is 0 Å². The smallest absolute Gasteiger partial charge is 0.315 e. The van der Waals surface area contributed by atoms with E-state index in [1.165, 1.54) is 12.1 Å². The third-order valence-electron chi connectivity index (χ3n) is 5.35. The fourth-order valence-electron chi connectivity index (χ4n) is 2.93. The molecule has 1 aromatic heterocycles. The van der Waals surface area contributed by atoms with Gasteiger partial charge in [-0.1, -0.05) is 13.8 Å². The average molecular weight is 413 g/mol. The number of amides is 2. The third-order valence-corrected chi connectivity index (χ3v) is 5.35. The lowest BCUT2D eigenvalue weighted by Gasteiger charge is -2.25. The van der Waals surface area contributed by atoms with Gasteiger partial charge in [-0.2, -0.15) is 5.10 Å². The summed E-state index contributed by atoms with van der Waals surface area (Å²) in [6.07, 6.45) is 1.52. The lowest BCUT2D eigenvalue weighted by atomic mass is 10.1. The number of carbonyl (C=O) groups excluding carboxylic acids is 1. The van der Waals surface area contributed by atoms with Crippen LogP contribution in [0.5, 0.6) is 5.75 Å².